The Bertz CT molecular complexity index is 165. The fourth-order valence-corrected chi connectivity index (χ4v) is 0.866. The van der Waals surface area contributed by atoms with E-state index in [2.05, 4.69) is 20.8 Å². The molecule has 0 rings (SSSR count). The largest absolute Gasteiger partial charge is 0.388 e. The van der Waals surface area contributed by atoms with Crippen LogP contribution < -0.4 is 0 Å². The molecule has 1 N–H and O–H groups in total. The highest BCUT2D eigenvalue weighted by Gasteiger charge is 2.22. The average Bonchev–Trinajstić information content (AvgIpc) is 1.99. The molecule has 3 heteroatoms. The van der Waals surface area contributed by atoms with Crippen molar-refractivity contribution in [2.45, 2.75) is 53.2 Å². The van der Waals surface area contributed by atoms with Gasteiger partial charge in [-0.2, -0.15) is 0 Å². The molecule has 1 unspecified atom stereocenters. The maximum atomic E-state index is 9.61. The molecule has 0 saturated heterocycles. The third-order valence-corrected chi connectivity index (χ3v) is 2.13. The van der Waals surface area contributed by atoms with Gasteiger partial charge in [0.05, 0.1) is 31.5 Å². The summed E-state index contributed by atoms with van der Waals surface area (Å²) in [4.78, 5) is 0. The first-order valence-electron chi connectivity index (χ1n) is 5.54. The van der Waals surface area contributed by atoms with Crippen molar-refractivity contribution in [2.24, 2.45) is 5.41 Å². The molecule has 0 fully saturated rings. The summed E-state index contributed by atoms with van der Waals surface area (Å²) in [6, 6.07) is 0. The molecule has 0 radical (unpaired) electrons. The van der Waals surface area contributed by atoms with E-state index in [-0.39, 0.29) is 11.5 Å². The molecular weight excluding hydrogens is 192 g/mol. The van der Waals surface area contributed by atoms with E-state index in [4.69, 9.17) is 9.47 Å². The Hall–Kier alpha value is -0.120. The summed E-state index contributed by atoms with van der Waals surface area (Å²) in [5.41, 5.74) is -0.591. The van der Waals surface area contributed by atoms with Gasteiger partial charge in [0.15, 0.2) is 0 Å². The van der Waals surface area contributed by atoms with Gasteiger partial charge in [-0.15, -0.1) is 0 Å². The highest BCUT2D eigenvalue weighted by molar-refractivity contribution is 4.73. The highest BCUT2D eigenvalue weighted by atomic mass is 16.5. The zero-order valence-corrected chi connectivity index (χ0v) is 11.0. The topological polar surface area (TPSA) is 38.7 Å². The highest BCUT2D eigenvalue weighted by Crippen LogP contribution is 2.13. The van der Waals surface area contributed by atoms with Crippen LogP contribution in [0.2, 0.25) is 0 Å². The van der Waals surface area contributed by atoms with E-state index < -0.39 is 5.60 Å². The molecule has 0 aromatic heterocycles. The number of rotatable bonds is 6. The van der Waals surface area contributed by atoms with E-state index in [1.165, 1.54) is 0 Å². The van der Waals surface area contributed by atoms with Gasteiger partial charge in [-0.25, -0.2) is 0 Å². The third-order valence-electron chi connectivity index (χ3n) is 2.13. The standard InChI is InChI=1S/C12H26O3/c1-10(12(5,6)13)15-8-7-14-9-11(2,3)4/h10,13H,7-9H2,1-6H3. The van der Waals surface area contributed by atoms with Crippen LogP contribution in [0.1, 0.15) is 41.5 Å². The zero-order chi connectivity index (χ0) is 12.1. The predicted molar refractivity (Wildman–Crippen MR) is 62.0 cm³/mol. The second-order valence-electron chi connectivity index (χ2n) is 5.78. The van der Waals surface area contributed by atoms with Crippen molar-refractivity contribution in [3.05, 3.63) is 0 Å². The van der Waals surface area contributed by atoms with Crippen LogP contribution in [0.15, 0.2) is 0 Å². The molecule has 0 aliphatic carbocycles. The van der Waals surface area contributed by atoms with Crippen LogP contribution in [0, 0.1) is 5.41 Å². The summed E-state index contributed by atoms with van der Waals surface area (Å²) in [5, 5.41) is 9.61. The summed E-state index contributed by atoms with van der Waals surface area (Å²) >= 11 is 0. The van der Waals surface area contributed by atoms with Crippen LogP contribution >= 0.6 is 0 Å². The van der Waals surface area contributed by atoms with Gasteiger partial charge < -0.3 is 14.6 Å². The maximum Gasteiger partial charge on any atom is 0.0849 e. The lowest BCUT2D eigenvalue weighted by Gasteiger charge is -2.26. The van der Waals surface area contributed by atoms with Gasteiger partial charge in [0.25, 0.3) is 0 Å². The maximum absolute atomic E-state index is 9.61. The van der Waals surface area contributed by atoms with Gasteiger partial charge in [0.2, 0.25) is 0 Å². The number of hydrogen-bond acceptors (Lipinski definition) is 3. The Morgan fingerprint density at radius 2 is 1.60 bits per heavy atom. The smallest absolute Gasteiger partial charge is 0.0849 e. The molecule has 3 nitrogen and oxygen atoms in total. The average molecular weight is 218 g/mol. The molecule has 0 aromatic carbocycles. The molecular formula is C12H26O3. The molecule has 0 spiro atoms. The number of hydrogen-bond donors (Lipinski definition) is 1. The van der Waals surface area contributed by atoms with Crippen LogP contribution in [-0.2, 0) is 9.47 Å². The summed E-state index contributed by atoms with van der Waals surface area (Å²) in [7, 11) is 0. The van der Waals surface area contributed by atoms with Crippen LogP contribution in [0.3, 0.4) is 0 Å². The van der Waals surface area contributed by atoms with E-state index in [1.54, 1.807) is 13.8 Å². The van der Waals surface area contributed by atoms with Crippen LogP contribution in [-0.4, -0.2) is 36.6 Å². The number of aliphatic hydroxyl groups is 1. The van der Waals surface area contributed by atoms with E-state index in [0.717, 1.165) is 6.61 Å². The van der Waals surface area contributed by atoms with Crippen molar-refractivity contribution >= 4 is 0 Å². The van der Waals surface area contributed by atoms with Crippen LogP contribution in [0.4, 0.5) is 0 Å². The van der Waals surface area contributed by atoms with Gasteiger partial charge in [-0.1, -0.05) is 20.8 Å². The van der Waals surface area contributed by atoms with E-state index in [9.17, 15) is 5.11 Å². The fourth-order valence-electron chi connectivity index (χ4n) is 0.866. The molecule has 0 aliphatic heterocycles. The van der Waals surface area contributed by atoms with E-state index in [1.807, 2.05) is 6.92 Å². The Morgan fingerprint density at radius 1 is 1.07 bits per heavy atom. The van der Waals surface area contributed by atoms with Crippen molar-refractivity contribution < 1.29 is 14.6 Å². The van der Waals surface area contributed by atoms with E-state index in [0.29, 0.717) is 13.2 Å². The normalized spacial score (nSPS) is 15.4. The molecule has 0 aliphatic rings. The molecule has 0 amide bonds. The molecule has 92 valence electrons. The zero-order valence-electron chi connectivity index (χ0n) is 11.0. The third kappa shape index (κ3) is 8.85. The minimum atomic E-state index is -0.788. The molecule has 0 heterocycles. The first kappa shape index (κ1) is 14.9. The summed E-state index contributed by atoms with van der Waals surface area (Å²) in [6.07, 6.45) is -0.171. The minimum Gasteiger partial charge on any atom is -0.388 e. The monoisotopic (exact) mass is 218 g/mol. The predicted octanol–water partition coefficient (Wildman–Crippen LogP) is 2.23. The lowest BCUT2D eigenvalue weighted by molar-refractivity contribution is -0.0927. The molecule has 15 heavy (non-hydrogen) atoms. The Balaban J connectivity index is 3.48. The van der Waals surface area contributed by atoms with E-state index >= 15 is 0 Å². The molecule has 0 saturated carbocycles. The Kier molecular flexibility index (Phi) is 5.78. The first-order chi connectivity index (χ1) is 6.63. The molecule has 1 atom stereocenters. The first-order valence-corrected chi connectivity index (χ1v) is 5.54. The Labute approximate surface area is 93.8 Å². The van der Waals surface area contributed by atoms with Crippen LogP contribution in [0.25, 0.3) is 0 Å². The van der Waals surface area contributed by atoms with Crippen molar-refractivity contribution in [3.8, 4) is 0 Å². The molecule has 0 bridgehead atoms. The lowest BCUT2D eigenvalue weighted by atomic mass is 9.99. The van der Waals surface area contributed by atoms with Crippen molar-refractivity contribution in [1.82, 2.24) is 0 Å². The van der Waals surface area contributed by atoms with Crippen LogP contribution in [0.5, 0.6) is 0 Å². The van der Waals surface area contributed by atoms with Gasteiger partial charge >= 0.3 is 0 Å². The van der Waals surface area contributed by atoms with Crippen molar-refractivity contribution in [1.29, 1.82) is 0 Å². The summed E-state index contributed by atoms with van der Waals surface area (Å²) in [6.45, 7) is 13.6. The molecule has 0 aromatic rings. The Morgan fingerprint density at radius 3 is 2.00 bits per heavy atom. The van der Waals surface area contributed by atoms with Crippen molar-refractivity contribution in [3.63, 3.8) is 0 Å². The summed E-state index contributed by atoms with van der Waals surface area (Å²) < 4.78 is 10.9. The lowest BCUT2D eigenvalue weighted by Crippen LogP contribution is -2.36. The number of ether oxygens (including phenoxy) is 2. The quantitative estimate of drug-likeness (QED) is 0.695. The van der Waals surface area contributed by atoms with Gasteiger partial charge in [0.1, 0.15) is 0 Å². The minimum absolute atomic E-state index is 0.171. The second-order valence-corrected chi connectivity index (χ2v) is 5.78. The second kappa shape index (κ2) is 5.83. The van der Waals surface area contributed by atoms with Gasteiger partial charge in [0, 0.05) is 0 Å². The van der Waals surface area contributed by atoms with Gasteiger partial charge in [-0.3, -0.25) is 0 Å². The van der Waals surface area contributed by atoms with Crippen molar-refractivity contribution in [2.75, 3.05) is 19.8 Å². The summed E-state index contributed by atoms with van der Waals surface area (Å²) in [5.74, 6) is 0. The fraction of sp³-hybridized carbons (Fsp3) is 1.00. The SMILES string of the molecule is CC(OCCOCC(C)(C)C)C(C)(C)O. The van der Waals surface area contributed by atoms with Gasteiger partial charge in [-0.05, 0) is 26.2 Å².